The number of aromatic nitrogens is 4. The lowest BCUT2D eigenvalue weighted by molar-refractivity contribution is 1.14. The molecular weight excluding hydrogens is 383 g/mol. The highest BCUT2D eigenvalue weighted by molar-refractivity contribution is 6.31. The van der Waals surface area contributed by atoms with E-state index in [-0.39, 0.29) is 0 Å². The van der Waals surface area contributed by atoms with E-state index in [1.807, 2.05) is 37.3 Å². The molecule has 4 aromatic rings. The first-order valence-corrected chi connectivity index (χ1v) is 8.88. The molecule has 0 radical (unpaired) electrons. The van der Waals surface area contributed by atoms with Crippen LogP contribution in [0.15, 0.2) is 54.9 Å². The highest BCUT2D eigenvalue weighted by atomic mass is 35.5. The first-order chi connectivity index (χ1) is 13.1. The van der Waals surface area contributed by atoms with Gasteiger partial charge in [-0.05, 0) is 48.9 Å². The van der Waals surface area contributed by atoms with Gasteiger partial charge in [-0.2, -0.15) is 9.97 Å². The molecule has 8 heteroatoms. The molecule has 27 heavy (non-hydrogen) atoms. The molecule has 2 heterocycles. The number of anilines is 4. The molecule has 0 spiro atoms. The van der Waals surface area contributed by atoms with Gasteiger partial charge < -0.3 is 10.6 Å². The number of halogens is 2. The minimum absolute atomic E-state index is 0.393. The van der Waals surface area contributed by atoms with Crippen molar-refractivity contribution >= 4 is 57.5 Å². The summed E-state index contributed by atoms with van der Waals surface area (Å²) in [5.74, 6) is 0.933. The van der Waals surface area contributed by atoms with Crippen LogP contribution >= 0.6 is 23.2 Å². The molecule has 2 aromatic heterocycles. The number of nitrogens with zero attached hydrogens (tertiary/aromatic N) is 4. The zero-order valence-corrected chi connectivity index (χ0v) is 15.8. The number of benzene rings is 2. The third-order valence-corrected chi connectivity index (χ3v) is 4.37. The minimum Gasteiger partial charge on any atom is -0.338 e. The minimum atomic E-state index is 0.393. The first-order valence-electron chi connectivity index (χ1n) is 8.13. The number of hydrogen-bond donors (Lipinski definition) is 2. The Morgan fingerprint density at radius 3 is 2.37 bits per heavy atom. The van der Waals surface area contributed by atoms with Gasteiger partial charge >= 0.3 is 0 Å². The van der Waals surface area contributed by atoms with Crippen molar-refractivity contribution in [1.29, 1.82) is 0 Å². The molecule has 4 rings (SSSR count). The van der Waals surface area contributed by atoms with E-state index >= 15 is 0 Å². The van der Waals surface area contributed by atoms with Crippen LogP contribution in [0.5, 0.6) is 0 Å². The maximum absolute atomic E-state index is 6.10. The second kappa shape index (κ2) is 7.34. The van der Waals surface area contributed by atoms with Gasteiger partial charge in [0, 0.05) is 33.8 Å². The standard InChI is InChI=1S/C19H14Cl2N6/c1-11-2-3-13(21)10-15(11)25-19-26-17-16(22-8-9-23-17)18(27-19)24-14-6-4-12(20)5-7-14/h2-10H,1H3,(H2,23,24,25,26,27). The van der Waals surface area contributed by atoms with E-state index in [0.29, 0.717) is 33.0 Å². The van der Waals surface area contributed by atoms with Crippen LogP contribution in [-0.2, 0) is 0 Å². The van der Waals surface area contributed by atoms with E-state index in [0.717, 1.165) is 16.9 Å². The number of nitrogens with one attached hydrogen (secondary N) is 2. The summed E-state index contributed by atoms with van der Waals surface area (Å²) in [6, 6.07) is 12.9. The molecule has 0 unspecified atom stereocenters. The molecule has 6 nitrogen and oxygen atoms in total. The van der Waals surface area contributed by atoms with Crippen LogP contribution in [0.1, 0.15) is 5.56 Å². The number of rotatable bonds is 4. The van der Waals surface area contributed by atoms with Gasteiger partial charge in [0.2, 0.25) is 5.95 Å². The van der Waals surface area contributed by atoms with Crippen molar-refractivity contribution in [3.8, 4) is 0 Å². The van der Waals surface area contributed by atoms with Crippen LogP contribution in [0.2, 0.25) is 10.0 Å². The maximum Gasteiger partial charge on any atom is 0.231 e. The van der Waals surface area contributed by atoms with Crippen molar-refractivity contribution in [3.05, 3.63) is 70.5 Å². The van der Waals surface area contributed by atoms with E-state index in [1.54, 1.807) is 24.5 Å². The summed E-state index contributed by atoms with van der Waals surface area (Å²) in [4.78, 5) is 17.7. The number of aryl methyl sites for hydroxylation is 1. The Hall–Kier alpha value is -2.96. The zero-order chi connectivity index (χ0) is 18.8. The van der Waals surface area contributed by atoms with Crippen LogP contribution in [0, 0.1) is 6.92 Å². The predicted octanol–water partition coefficient (Wildman–Crippen LogP) is 5.52. The Kier molecular flexibility index (Phi) is 4.75. The molecular formula is C19H14Cl2N6. The fourth-order valence-electron chi connectivity index (χ4n) is 2.53. The lowest BCUT2D eigenvalue weighted by Crippen LogP contribution is -2.04. The maximum atomic E-state index is 6.10. The molecule has 0 aliphatic carbocycles. The molecule has 2 aromatic carbocycles. The van der Waals surface area contributed by atoms with E-state index in [1.165, 1.54) is 0 Å². The summed E-state index contributed by atoms with van der Waals surface area (Å²) in [6.07, 6.45) is 3.20. The van der Waals surface area contributed by atoms with Gasteiger partial charge in [0.25, 0.3) is 0 Å². The third-order valence-electron chi connectivity index (χ3n) is 3.89. The molecule has 134 valence electrons. The smallest absolute Gasteiger partial charge is 0.231 e. The van der Waals surface area contributed by atoms with Crippen molar-refractivity contribution < 1.29 is 0 Å². The van der Waals surface area contributed by atoms with Crippen molar-refractivity contribution in [2.24, 2.45) is 0 Å². The zero-order valence-electron chi connectivity index (χ0n) is 14.2. The summed E-state index contributed by atoms with van der Waals surface area (Å²) in [5, 5.41) is 7.74. The molecule has 0 bridgehead atoms. The average molecular weight is 397 g/mol. The topological polar surface area (TPSA) is 75.6 Å². The fraction of sp³-hybridized carbons (Fsp3) is 0.0526. The number of fused-ring (bicyclic) bond motifs is 1. The van der Waals surface area contributed by atoms with E-state index in [9.17, 15) is 0 Å². The van der Waals surface area contributed by atoms with Crippen LogP contribution < -0.4 is 10.6 Å². The van der Waals surface area contributed by atoms with Crippen molar-refractivity contribution in [3.63, 3.8) is 0 Å². The number of hydrogen-bond acceptors (Lipinski definition) is 6. The molecule has 0 saturated heterocycles. The lowest BCUT2D eigenvalue weighted by Gasteiger charge is -2.12. The van der Waals surface area contributed by atoms with Gasteiger partial charge in [-0.3, -0.25) is 0 Å². The molecule has 0 saturated carbocycles. The summed E-state index contributed by atoms with van der Waals surface area (Å²) < 4.78 is 0. The van der Waals surface area contributed by atoms with Gasteiger partial charge in [-0.1, -0.05) is 29.3 Å². The monoisotopic (exact) mass is 396 g/mol. The van der Waals surface area contributed by atoms with E-state index < -0.39 is 0 Å². The highest BCUT2D eigenvalue weighted by Gasteiger charge is 2.11. The SMILES string of the molecule is Cc1ccc(Cl)cc1Nc1nc(Nc2ccc(Cl)cc2)c2nccnc2n1. The Bertz CT molecular complexity index is 1110. The van der Waals surface area contributed by atoms with Crippen LogP contribution in [0.25, 0.3) is 11.2 Å². The molecule has 0 amide bonds. The third kappa shape index (κ3) is 3.92. The second-order valence-corrected chi connectivity index (χ2v) is 6.71. The summed E-state index contributed by atoms with van der Waals surface area (Å²) in [7, 11) is 0. The van der Waals surface area contributed by atoms with E-state index in [2.05, 4.69) is 30.6 Å². The molecule has 0 atom stereocenters. The predicted molar refractivity (Wildman–Crippen MR) is 109 cm³/mol. The highest BCUT2D eigenvalue weighted by Crippen LogP contribution is 2.27. The van der Waals surface area contributed by atoms with Crippen molar-refractivity contribution in [2.45, 2.75) is 6.92 Å². The van der Waals surface area contributed by atoms with Gasteiger partial charge in [-0.25, -0.2) is 9.97 Å². The molecule has 0 aliphatic rings. The summed E-state index contributed by atoms with van der Waals surface area (Å²) in [5.41, 5.74) is 3.72. The Morgan fingerprint density at radius 2 is 1.56 bits per heavy atom. The Balaban J connectivity index is 1.76. The molecule has 0 aliphatic heterocycles. The Labute approximate surface area is 165 Å². The van der Waals surface area contributed by atoms with Crippen LogP contribution in [0.3, 0.4) is 0 Å². The summed E-state index contributed by atoms with van der Waals surface area (Å²) in [6.45, 7) is 1.98. The van der Waals surface area contributed by atoms with Crippen LogP contribution in [0.4, 0.5) is 23.1 Å². The van der Waals surface area contributed by atoms with Gasteiger partial charge in [0.1, 0.15) is 0 Å². The van der Waals surface area contributed by atoms with Crippen molar-refractivity contribution in [1.82, 2.24) is 19.9 Å². The largest absolute Gasteiger partial charge is 0.338 e. The van der Waals surface area contributed by atoms with Gasteiger partial charge in [-0.15, -0.1) is 0 Å². The summed E-state index contributed by atoms with van der Waals surface area (Å²) >= 11 is 12.1. The average Bonchev–Trinajstić information content (AvgIpc) is 2.66. The van der Waals surface area contributed by atoms with Crippen LogP contribution in [-0.4, -0.2) is 19.9 Å². The second-order valence-electron chi connectivity index (χ2n) is 5.84. The fourth-order valence-corrected chi connectivity index (χ4v) is 2.82. The quantitative estimate of drug-likeness (QED) is 0.472. The van der Waals surface area contributed by atoms with Crippen molar-refractivity contribution in [2.75, 3.05) is 10.6 Å². The molecule has 2 N–H and O–H groups in total. The normalized spacial score (nSPS) is 10.8. The Morgan fingerprint density at radius 1 is 0.815 bits per heavy atom. The van der Waals surface area contributed by atoms with E-state index in [4.69, 9.17) is 23.2 Å². The lowest BCUT2D eigenvalue weighted by atomic mass is 10.2. The van der Waals surface area contributed by atoms with Gasteiger partial charge in [0.15, 0.2) is 17.0 Å². The molecule has 0 fully saturated rings. The first kappa shape index (κ1) is 17.5. The van der Waals surface area contributed by atoms with Gasteiger partial charge in [0.05, 0.1) is 0 Å².